The standard InChI is InChI=1S/C23H30N2O5/c1-28-19-7-6-16(14-20(19)29-2)15-25-9-8-17-4-3-5-18(21(17)23(25)27)22(26)24-10-12-30-13-11-24/h3-4,6-7,14,17-18,21H,5,8-13,15H2,1-2H3/t17-,18?,21+/m1/s1. The lowest BCUT2D eigenvalue weighted by Gasteiger charge is -2.43. The van der Waals surface area contributed by atoms with E-state index in [0.717, 1.165) is 12.0 Å². The highest BCUT2D eigenvalue weighted by Crippen LogP contribution is 2.39. The molecule has 7 heteroatoms. The molecule has 4 rings (SSSR count). The zero-order valence-corrected chi connectivity index (χ0v) is 17.7. The molecule has 2 saturated heterocycles. The SMILES string of the molecule is COc1ccc(CN2CC[C@H]3C=CCC(C(=O)N4CCOCC4)[C@H]3C2=O)cc1OC. The minimum absolute atomic E-state index is 0.0806. The number of carbonyl (C=O) groups is 2. The molecule has 30 heavy (non-hydrogen) atoms. The van der Waals surface area contributed by atoms with Crippen molar-refractivity contribution in [3.63, 3.8) is 0 Å². The summed E-state index contributed by atoms with van der Waals surface area (Å²) in [5, 5.41) is 0. The molecule has 0 spiro atoms. The molecule has 2 amide bonds. The third-order valence-corrected chi connectivity index (χ3v) is 6.46. The number of fused-ring (bicyclic) bond motifs is 1. The van der Waals surface area contributed by atoms with Gasteiger partial charge in [-0.05, 0) is 36.5 Å². The summed E-state index contributed by atoms with van der Waals surface area (Å²) in [6, 6.07) is 5.73. The molecule has 3 aliphatic rings. The van der Waals surface area contributed by atoms with Crippen LogP contribution in [0.25, 0.3) is 0 Å². The Morgan fingerprint density at radius 3 is 2.63 bits per heavy atom. The summed E-state index contributed by atoms with van der Waals surface area (Å²) in [5.41, 5.74) is 0.988. The predicted octanol–water partition coefficient (Wildman–Crippen LogP) is 2.10. The Bertz CT molecular complexity index is 818. The van der Waals surface area contributed by atoms with Crippen LogP contribution in [0.3, 0.4) is 0 Å². The van der Waals surface area contributed by atoms with Crippen molar-refractivity contribution in [2.75, 3.05) is 47.1 Å². The smallest absolute Gasteiger partial charge is 0.227 e. The van der Waals surface area contributed by atoms with Crippen molar-refractivity contribution in [1.29, 1.82) is 0 Å². The van der Waals surface area contributed by atoms with Gasteiger partial charge in [0.15, 0.2) is 11.5 Å². The zero-order valence-electron chi connectivity index (χ0n) is 17.7. The molecular formula is C23H30N2O5. The number of ether oxygens (including phenoxy) is 3. The summed E-state index contributed by atoms with van der Waals surface area (Å²) >= 11 is 0. The van der Waals surface area contributed by atoms with E-state index in [4.69, 9.17) is 14.2 Å². The average Bonchev–Trinajstić information content (AvgIpc) is 2.80. The predicted molar refractivity (Wildman–Crippen MR) is 111 cm³/mol. The van der Waals surface area contributed by atoms with Gasteiger partial charge in [0.25, 0.3) is 0 Å². The lowest BCUT2D eigenvalue weighted by molar-refractivity contribution is -0.153. The Balaban J connectivity index is 1.51. The molecule has 1 aromatic carbocycles. The first-order chi connectivity index (χ1) is 14.6. The number of carbonyl (C=O) groups excluding carboxylic acids is 2. The van der Waals surface area contributed by atoms with Gasteiger partial charge in [-0.3, -0.25) is 9.59 Å². The van der Waals surface area contributed by atoms with Crippen LogP contribution >= 0.6 is 0 Å². The molecule has 1 aromatic rings. The van der Waals surface area contributed by atoms with E-state index in [0.29, 0.717) is 57.3 Å². The highest BCUT2D eigenvalue weighted by atomic mass is 16.5. The Hall–Kier alpha value is -2.54. The van der Waals surface area contributed by atoms with Gasteiger partial charge in [0, 0.05) is 26.2 Å². The summed E-state index contributed by atoms with van der Waals surface area (Å²) in [7, 11) is 3.21. The molecule has 0 bridgehead atoms. The van der Waals surface area contributed by atoms with Gasteiger partial charge in [0.2, 0.25) is 11.8 Å². The number of morpholine rings is 1. The maximum Gasteiger partial charge on any atom is 0.227 e. The highest BCUT2D eigenvalue weighted by Gasteiger charge is 2.45. The van der Waals surface area contributed by atoms with Gasteiger partial charge in [-0.25, -0.2) is 0 Å². The van der Waals surface area contributed by atoms with Crippen LogP contribution in [0.15, 0.2) is 30.4 Å². The normalized spacial score (nSPS) is 26.3. The van der Waals surface area contributed by atoms with E-state index < -0.39 is 0 Å². The van der Waals surface area contributed by atoms with Crippen LogP contribution in [0.5, 0.6) is 11.5 Å². The third kappa shape index (κ3) is 4.03. The van der Waals surface area contributed by atoms with Crippen LogP contribution in [0, 0.1) is 17.8 Å². The molecule has 0 N–H and O–H groups in total. The lowest BCUT2D eigenvalue weighted by atomic mass is 9.71. The maximum absolute atomic E-state index is 13.5. The van der Waals surface area contributed by atoms with E-state index in [1.165, 1.54) is 0 Å². The monoisotopic (exact) mass is 414 g/mol. The Kier molecular flexibility index (Phi) is 6.27. The molecule has 2 heterocycles. The van der Waals surface area contributed by atoms with E-state index in [1.54, 1.807) is 14.2 Å². The number of piperidine rings is 1. The second-order valence-corrected chi connectivity index (χ2v) is 8.14. The third-order valence-electron chi connectivity index (χ3n) is 6.46. The van der Waals surface area contributed by atoms with E-state index >= 15 is 0 Å². The molecule has 1 unspecified atom stereocenters. The fourth-order valence-corrected chi connectivity index (χ4v) is 4.85. The minimum atomic E-state index is -0.279. The first-order valence-electron chi connectivity index (χ1n) is 10.6. The fourth-order valence-electron chi connectivity index (χ4n) is 4.85. The number of rotatable bonds is 5. The number of amides is 2. The van der Waals surface area contributed by atoms with Crippen LogP contribution in [-0.2, 0) is 20.9 Å². The quantitative estimate of drug-likeness (QED) is 0.691. The van der Waals surface area contributed by atoms with Gasteiger partial charge in [-0.1, -0.05) is 18.2 Å². The van der Waals surface area contributed by atoms with E-state index in [1.807, 2.05) is 28.0 Å². The van der Waals surface area contributed by atoms with E-state index in [9.17, 15) is 9.59 Å². The van der Waals surface area contributed by atoms with Crippen LogP contribution in [-0.4, -0.2) is 68.7 Å². The number of methoxy groups -OCH3 is 2. The van der Waals surface area contributed by atoms with Crippen LogP contribution < -0.4 is 9.47 Å². The topological polar surface area (TPSA) is 68.3 Å². The Morgan fingerprint density at radius 2 is 1.90 bits per heavy atom. The molecule has 7 nitrogen and oxygen atoms in total. The molecule has 3 atom stereocenters. The van der Waals surface area contributed by atoms with Gasteiger partial charge in [-0.15, -0.1) is 0 Å². The fraction of sp³-hybridized carbons (Fsp3) is 0.565. The number of allylic oxidation sites excluding steroid dienone is 2. The van der Waals surface area contributed by atoms with Gasteiger partial charge in [0.05, 0.1) is 39.3 Å². The molecule has 162 valence electrons. The first-order valence-corrected chi connectivity index (χ1v) is 10.6. The number of hydrogen-bond donors (Lipinski definition) is 0. The van der Waals surface area contributed by atoms with Crippen molar-refractivity contribution in [3.05, 3.63) is 35.9 Å². The molecule has 0 aromatic heterocycles. The molecule has 2 fully saturated rings. The Morgan fingerprint density at radius 1 is 1.13 bits per heavy atom. The van der Waals surface area contributed by atoms with Gasteiger partial charge >= 0.3 is 0 Å². The van der Waals surface area contributed by atoms with Gasteiger partial charge in [0.1, 0.15) is 0 Å². The van der Waals surface area contributed by atoms with Crippen molar-refractivity contribution >= 4 is 11.8 Å². The number of benzene rings is 1. The Labute approximate surface area is 177 Å². The lowest BCUT2D eigenvalue weighted by Crippen LogP contribution is -2.53. The summed E-state index contributed by atoms with van der Waals surface area (Å²) in [5.74, 6) is 1.08. The van der Waals surface area contributed by atoms with Gasteiger partial charge < -0.3 is 24.0 Å². The number of likely N-dealkylation sites (tertiary alicyclic amines) is 1. The van der Waals surface area contributed by atoms with Crippen molar-refractivity contribution in [2.45, 2.75) is 19.4 Å². The summed E-state index contributed by atoms with van der Waals surface area (Å²) in [6.45, 7) is 3.56. The van der Waals surface area contributed by atoms with Crippen LogP contribution in [0.2, 0.25) is 0 Å². The minimum Gasteiger partial charge on any atom is -0.493 e. The van der Waals surface area contributed by atoms with Crippen molar-refractivity contribution < 1.29 is 23.8 Å². The van der Waals surface area contributed by atoms with E-state index in [-0.39, 0.29) is 29.6 Å². The average molecular weight is 415 g/mol. The van der Waals surface area contributed by atoms with Crippen molar-refractivity contribution in [1.82, 2.24) is 9.80 Å². The van der Waals surface area contributed by atoms with Crippen LogP contribution in [0.1, 0.15) is 18.4 Å². The zero-order chi connectivity index (χ0) is 21.1. The molecule has 1 aliphatic carbocycles. The van der Waals surface area contributed by atoms with Crippen molar-refractivity contribution in [3.8, 4) is 11.5 Å². The highest BCUT2D eigenvalue weighted by molar-refractivity contribution is 5.89. The molecule has 0 saturated carbocycles. The van der Waals surface area contributed by atoms with E-state index in [2.05, 4.69) is 12.2 Å². The van der Waals surface area contributed by atoms with Crippen molar-refractivity contribution in [2.24, 2.45) is 17.8 Å². The van der Waals surface area contributed by atoms with Crippen LogP contribution in [0.4, 0.5) is 0 Å². The second kappa shape index (κ2) is 9.08. The maximum atomic E-state index is 13.5. The number of nitrogens with zero attached hydrogens (tertiary/aromatic N) is 2. The molecule has 0 radical (unpaired) electrons. The molecular weight excluding hydrogens is 384 g/mol. The summed E-state index contributed by atoms with van der Waals surface area (Å²) < 4.78 is 16.1. The second-order valence-electron chi connectivity index (χ2n) is 8.14. The molecule has 2 aliphatic heterocycles. The number of hydrogen-bond acceptors (Lipinski definition) is 5. The largest absolute Gasteiger partial charge is 0.493 e. The van der Waals surface area contributed by atoms with Gasteiger partial charge in [-0.2, -0.15) is 0 Å². The first kappa shape index (κ1) is 20.7. The summed E-state index contributed by atoms with van der Waals surface area (Å²) in [4.78, 5) is 30.4. The summed E-state index contributed by atoms with van der Waals surface area (Å²) in [6.07, 6.45) is 5.74.